The Hall–Kier alpha value is -6.06. The molecule has 5 aliphatic rings. The molecule has 0 radical (unpaired) electrons. The Labute approximate surface area is 319 Å². The van der Waals surface area contributed by atoms with Gasteiger partial charge < -0.3 is 23.4 Å². The molecular weight excluding hydrogens is 689 g/mol. The second-order valence-corrected chi connectivity index (χ2v) is 16.7. The molecule has 4 aromatic rings. The quantitative estimate of drug-likeness (QED) is 0.150. The van der Waals surface area contributed by atoms with Crippen molar-refractivity contribution in [2.24, 2.45) is 0 Å². The summed E-state index contributed by atoms with van der Waals surface area (Å²) in [6.45, 7) is 13.0. The number of ether oxygens (including phenoxy) is 1. The molecule has 0 aliphatic carbocycles. The van der Waals surface area contributed by atoms with Crippen LogP contribution in [0.4, 0.5) is 11.4 Å². The predicted molar refractivity (Wildman–Crippen MR) is 215 cm³/mol. The van der Waals surface area contributed by atoms with Gasteiger partial charge in [-0.2, -0.15) is 10.5 Å². The van der Waals surface area contributed by atoms with Gasteiger partial charge in [-0.25, -0.2) is 9.59 Å². The van der Waals surface area contributed by atoms with Gasteiger partial charge in [0.1, 0.15) is 40.4 Å². The second kappa shape index (κ2) is 12.8. The van der Waals surface area contributed by atoms with Crippen LogP contribution in [0.1, 0.15) is 86.8 Å². The van der Waals surface area contributed by atoms with Crippen LogP contribution in [0.2, 0.25) is 0 Å². The SMILES string of the molecule is CC1(C)CCN2CCC(C)(C)c3c2c1cc1cc(/C=C/C2=CC(=C(C#N)C#N)C=C(/C=C/c4cc5cc6c7c(c5oc4=O)CCCN7CCC6)O2)c(=O)oc31. The number of benzene rings is 2. The molecule has 2 aromatic heterocycles. The van der Waals surface area contributed by atoms with E-state index in [2.05, 4.69) is 49.6 Å². The van der Waals surface area contributed by atoms with Gasteiger partial charge in [0.05, 0.1) is 11.1 Å². The van der Waals surface area contributed by atoms with Crippen molar-refractivity contribution in [2.45, 2.75) is 77.0 Å². The molecule has 0 saturated heterocycles. The zero-order valence-electron chi connectivity index (χ0n) is 31.7. The molecular formula is C46H42N4O5. The van der Waals surface area contributed by atoms with E-state index in [1.165, 1.54) is 22.5 Å². The van der Waals surface area contributed by atoms with Crippen LogP contribution < -0.4 is 21.1 Å². The van der Waals surface area contributed by atoms with Crippen molar-refractivity contribution in [1.29, 1.82) is 10.5 Å². The van der Waals surface area contributed by atoms with E-state index in [-0.39, 0.29) is 16.4 Å². The lowest BCUT2D eigenvalue weighted by Gasteiger charge is -2.48. The molecule has 9 nitrogen and oxygen atoms in total. The first-order valence-corrected chi connectivity index (χ1v) is 19.2. The van der Waals surface area contributed by atoms with Crippen molar-refractivity contribution in [3.05, 3.63) is 125 Å². The lowest BCUT2D eigenvalue weighted by Crippen LogP contribution is -2.44. The van der Waals surface area contributed by atoms with Crippen LogP contribution >= 0.6 is 0 Å². The number of hydrogen-bond donors (Lipinski definition) is 0. The van der Waals surface area contributed by atoms with Gasteiger partial charge in [0, 0.05) is 65.0 Å². The molecule has 9 rings (SSSR count). The van der Waals surface area contributed by atoms with Crippen molar-refractivity contribution in [2.75, 3.05) is 36.0 Å². The summed E-state index contributed by atoms with van der Waals surface area (Å²) in [5, 5.41) is 21.2. The zero-order chi connectivity index (χ0) is 38.2. The van der Waals surface area contributed by atoms with Gasteiger partial charge in [-0.05, 0) is 121 Å². The Morgan fingerprint density at radius 3 is 1.95 bits per heavy atom. The van der Waals surface area contributed by atoms with Crippen molar-refractivity contribution >= 4 is 45.5 Å². The van der Waals surface area contributed by atoms with Crippen molar-refractivity contribution < 1.29 is 13.6 Å². The summed E-state index contributed by atoms with van der Waals surface area (Å²) in [5.74, 6) is 0.611. The molecule has 0 amide bonds. The number of hydrogen-bond acceptors (Lipinski definition) is 9. The molecule has 7 heterocycles. The average Bonchev–Trinajstić information content (AvgIpc) is 3.16. The Bertz CT molecular complexity index is 2700. The van der Waals surface area contributed by atoms with Crippen molar-refractivity contribution in [3.8, 4) is 12.1 Å². The van der Waals surface area contributed by atoms with Gasteiger partial charge in [-0.3, -0.25) is 0 Å². The third kappa shape index (κ3) is 5.81. The van der Waals surface area contributed by atoms with Crippen LogP contribution in [0.5, 0.6) is 0 Å². The molecule has 0 saturated carbocycles. The number of nitriles is 2. The smallest absolute Gasteiger partial charge is 0.343 e. The van der Waals surface area contributed by atoms with E-state index in [4.69, 9.17) is 13.6 Å². The number of allylic oxidation sites excluding steroid dienone is 6. The molecule has 276 valence electrons. The van der Waals surface area contributed by atoms with E-state index in [1.807, 2.05) is 24.3 Å². The molecule has 0 N–H and O–H groups in total. The normalized spacial score (nSPS) is 19.4. The highest BCUT2D eigenvalue weighted by Crippen LogP contribution is 2.51. The summed E-state index contributed by atoms with van der Waals surface area (Å²) in [6, 6.07) is 12.0. The molecule has 0 spiro atoms. The van der Waals surface area contributed by atoms with E-state index in [9.17, 15) is 20.1 Å². The average molecular weight is 731 g/mol. The molecule has 9 heteroatoms. The van der Waals surface area contributed by atoms with Gasteiger partial charge in [0.2, 0.25) is 0 Å². The van der Waals surface area contributed by atoms with Gasteiger partial charge in [0.15, 0.2) is 0 Å². The Kier molecular flexibility index (Phi) is 8.06. The van der Waals surface area contributed by atoms with E-state index >= 15 is 0 Å². The first kappa shape index (κ1) is 34.7. The predicted octanol–water partition coefficient (Wildman–Crippen LogP) is 8.64. The summed E-state index contributed by atoms with van der Waals surface area (Å²) >= 11 is 0. The molecule has 2 aromatic carbocycles. The summed E-state index contributed by atoms with van der Waals surface area (Å²) in [5.41, 5.74) is 8.37. The van der Waals surface area contributed by atoms with Crippen LogP contribution in [0.15, 0.2) is 89.7 Å². The van der Waals surface area contributed by atoms with Crippen molar-refractivity contribution in [3.63, 3.8) is 0 Å². The molecule has 0 unspecified atom stereocenters. The maximum atomic E-state index is 13.6. The molecule has 55 heavy (non-hydrogen) atoms. The maximum absolute atomic E-state index is 13.6. The topological polar surface area (TPSA) is 124 Å². The largest absolute Gasteiger partial charge is 0.457 e. The van der Waals surface area contributed by atoms with E-state index in [1.54, 1.807) is 36.5 Å². The van der Waals surface area contributed by atoms with Crippen LogP contribution in [0.25, 0.3) is 34.1 Å². The van der Waals surface area contributed by atoms with Crippen LogP contribution in [0, 0.1) is 22.7 Å². The minimum Gasteiger partial charge on any atom is -0.457 e. The Balaban J connectivity index is 1.06. The monoisotopic (exact) mass is 730 g/mol. The summed E-state index contributed by atoms with van der Waals surface area (Å²) in [4.78, 5) is 31.8. The molecule has 0 bridgehead atoms. The summed E-state index contributed by atoms with van der Waals surface area (Å²) < 4.78 is 18.3. The lowest BCUT2D eigenvalue weighted by molar-refractivity contribution is 0.332. The summed E-state index contributed by atoms with van der Waals surface area (Å²) in [6.07, 6.45) is 15.7. The maximum Gasteiger partial charge on any atom is 0.343 e. The van der Waals surface area contributed by atoms with E-state index < -0.39 is 11.3 Å². The molecule has 0 atom stereocenters. The van der Waals surface area contributed by atoms with E-state index in [0.29, 0.717) is 39.4 Å². The highest BCUT2D eigenvalue weighted by molar-refractivity contribution is 5.92. The van der Waals surface area contributed by atoms with E-state index in [0.717, 1.165) is 86.6 Å². The zero-order valence-corrected chi connectivity index (χ0v) is 31.7. The highest BCUT2D eigenvalue weighted by atomic mass is 16.5. The fraction of sp³-hybridized carbons (Fsp3) is 0.348. The second-order valence-electron chi connectivity index (χ2n) is 16.7. The van der Waals surface area contributed by atoms with Crippen molar-refractivity contribution in [1.82, 2.24) is 0 Å². The van der Waals surface area contributed by atoms with Gasteiger partial charge >= 0.3 is 11.3 Å². The Morgan fingerprint density at radius 2 is 1.29 bits per heavy atom. The fourth-order valence-corrected chi connectivity index (χ4v) is 9.21. The Morgan fingerprint density at radius 1 is 0.709 bits per heavy atom. The first-order chi connectivity index (χ1) is 26.4. The van der Waals surface area contributed by atoms with Crippen LogP contribution in [-0.4, -0.2) is 26.2 Å². The van der Waals surface area contributed by atoms with Gasteiger partial charge in [-0.15, -0.1) is 0 Å². The van der Waals surface area contributed by atoms with Crippen LogP contribution in [-0.2, 0) is 28.4 Å². The number of anilines is 2. The third-order valence-corrected chi connectivity index (χ3v) is 12.2. The number of rotatable bonds is 4. The minimum absolute atomic E-state index is 0.0294. The van der Waals surface area contributed by atoms with Gasteiger partial charge in [-0.1, -0.05) is 27.7 Å². The van der Waals surface area contributed by atoms with Crippen LogP contribution in [0.3, 0.4) is 0 Å². The van der Waals surface area contributed by atoms with Gasteiger partial charge in [0.25, 0.3) is 0 Å². The minimum atomic E-state index is -0.466. The third-order valence-electron chi connectivity index (χ3n) is 12.2. The first-order valence-electron chi connectivity index (χ1n) is 19.2. The lowest BCUT2D eigenvalue weighted by atomic mass is 9.69. The number of nitrogens with zero attached hydrogens (tertiary/aromatic N) is 4. The number of fused-ring (bicyclic) bond motifs is 4. The summed E-state index contributed by atoms with van der Waals surface area (Å²) in [7, 11) is 0. The highest BCUT2D eigenvalue weighted by Gasteiger charge is 2.42. The standard InChI is InChI=1S/C46H42N4O5/c1-45(2)13-17-50-18-14-46(3,4)38-40(50)37(45)24-32-21-29(44(52)55-42(32)38)10-12-35-23-30(33(25-47)26-48)22-34(53-35)11-9-28-20-31-19-27-7-5-15-49-16-6-8-36(39(27)49)41(31)54-43(28)51/h9-12,19-24H,5-8,13-18H2,1-4H3/b11-9+,12-10+. The molecule has 5 aliphatic heterocycles. The fourth-order valence-electron chi connectivity index (χ4n) is 9.21. The number of aryl methyl sites for hydroxylation is 2. The molecule has 0 fully saturated rings.